The van der Waals surface area contributed by atoms with Crippen LogP contribution in [0.15, 0.2) is 0 Å². The molecule has 0 radical (unpaired) electrons. The molecule has 0 aromatic carbocycles. The maximum atomic E-state index is 11.9. The Hall–Kier alpha value is -0.530. The molecule has 2 aliphatic heterocycles. The van der Waals surface area contributed by atoms with E-state index in [4.69, 9.17) is 0 Å². The van der Waals surface area contributed by atoms with Crippen molar-refractivity contribution in [3.63, 3.8) is 0 Å². The van der Waals surface area contributed by atoms with Crippen LogP contribution in [0.5, 0.6) is 0 Å². The van der Waals surface area contributed by atoms with Crippen LogP contribution in [0.4, 0.5) is 0 Å². The van der Waals surface area contributed by atoms with E-state index in [1.165, 1.54) is 25.7 Å². The maximum Gasteiger partial charge on any atom is 0.135 e. The standard InChI is InChI=1S/C29H49N3O3/c1-28-9-6-22-21(23(28)17-24(27(28)35)32-14-12-30(3)13-15-32)5-4-19-16-26(34)25(18-29(19,22)2)31-10-7-20(33)8-11-31/h19,21-27,34-35H,4-18H2,1-3H3/t19-,21+,22-,23-,24-,25-,26-,27-,28-,29-/m0/s1. The quantitative estimate of drug-likeness (QED) is 0.624. The number of piperidine rings is 1. The zero-order valence-electron chi connectivity index (χ0n) is 22.4. The number of carbonyl (C=O) groups is 1. The molecule has 10 atom stereocenters. The molecule has 4 aliphatic carbocycles. The van der Waals surface area contributed by atoms with Gasteiger partial charge in [0, 0.05) is 64.2 Å². The van der Waals surface area contributed by atoms with Crippen molar-refractivity contribution in [3.8, 4) is 0 Å². The Morgan fingerprint density at radius 2 is 1.49 bits per heavy atom. The molecule has 0 aromatic rings. The van der Waals surface area contributed by atoms with E-state index < -0.39 is 0 Å². The zero-order chi connectivity index (χ0) is 24.5. The van der Waals surface area contributed by atoms with Gasteiger partial charge < -0.3 is 15.1 Å². The van der Waals surface area contributed by atoms with E-state index >= 15 is 0 Å². The number of likely N-dealkylation sites (tertiary alicyclic amines) is 1. The molecule has 6 rings (SSSR count). The van der Waals surface area contributed by atoms with Crippen LogP contribution in [0.1, 0.15) is 71.6 Å². The number of nitrogens with zero attached hydrogens (tertiary/aromatic N) is 3. The summed E-state index contributed by atoms with van der Waals surface area (Å²) in [4.78, 5) is 19.3. The third-order valence-electron chi connectivity index (χ3n) is 12.5. The lowest BCUT2D eigenvalue weighted by molar-refractivity contribution is -0.156. The second kappa shape index (κ2) is 9.04. The molecule has 0 spiro atoms. The highest BCUT2D eigenvalue weighted by Crippen LogP contribution is 2.66. The number of fused-ring (bicyclic) bond motifs is 5. The second-order valence-corrected chi connectivity index (χ2v) is 13.9. The van der Waals surface area contributed by atoms with E-state index in [-0.39, 0.29) is 29.1 Å². The molecule has 198 valence electrons. The highest BCUT2D eigenvalue weighted by Gasteiger charge is 2.63. The van der Waals surface area contributed by atoms with Gasteiger partial charge in [0.25, 0.3) is 0 Å². The first-order chi connectivity index (χ1) is 16.7. The number of likely N-dealkylation sites (N-methyl/N-ethyl adjacent to an activating group) is 1. The SMILES string of the molecule is CN1CCN([C@H]2C[C@H]3[C@@H]4CC[C@H]5C[C@H](O)[C@@H](N6CCC(=O)CC6)C[C@]5(C)[C@H]4CC[C@]3(C)[C@H]2O)CC1. The summed E-state index contributed by atoms with van der Waals surface area (Å²) in [7, 11) is 2.21. The molecule has 2 saturated heterocycles. The van der Waals surface area contributed by atoms with Crippen molar-refractivity contribution in [3.05, 3.63) is 0 Å². The van der Waals surface area contributed by atoms with Crippen molar-refractivity contribution in [2.45, 2.75) is 95.9 Å². The molecule has 2 N–H and O–H groups in total. The van der Waals surface area contributed by atoms with Gasteiger partial charge in [0.1, 0.15) is 5.78 Å². The van der Waals surface area contributed by atoms with Crippen molar-refractivity contribution in [2.24, 2.45) is 34.5 Å². The number of carbonyl (C=O) groups excluding carboxylic acids is 1. The summed E-state index contributed by atoms with van der Waals surface area (Å²) in [5.74, 6) is 3.04. The number of ketones is 1. The average molecular weight is 488 g/mol. The molecule has 6 heteroatoms. The van der Waals surface area contributed by atoms with Crippen LogP contribution in [0, 0.1) is 34.5 Å². The van der Waals surface area contributed by atoms with E-state index in [0.29, 0.717) is 48.3 Å². The minimum absolute atomic E-state index is 0.0548. The summed E-state index contributed by atoms with van der Waals surface area (Å²) in [6, 6.07) is 0.540. The van der Waals surface area contributed by atoms with Crippen LogP contribution >= 0.6 is 0 Å². The van der Waals surface area contributed by atoms with E-state index in [1.807, 2.05) is 0 Å². The Kier molecular flexibility index (Phi) is 6.40. The third-order valence-corrected chi connectivity index (χ3v) is 12.5. The predicted molar refractivity (Wildman–Crippen MR) is 137 cm³/mol. The minimum atomic E-state index is -0.249. The lowest BCUT2D eigenvalue weighted by Crippen LogP contribution is -2.60. The van der Waals surface area contributed by atoms with Crippen molar-refractivity contribution in [1.82, 2.24) is 14.7 Å². The van der Waals surface area contributed by atoms with Gasteiger partial charge in [-0.15, -0.1) is 0 Å². The van der Waals surface area contributed by atoms with Crippen LogP contribution < -0.4 is 0 Å². The number of aliphatic hydroxyl groups excluding tert-OH is 2. The normalized spacial score (nSPS) is 52.1. The Morgan fingerprint density at radius 3 is 2.20 bits per heavy atom. The monoisotopic (exact) mass is 487 g/mol. The summed E-state index contributed by atoms with van der Waals surface area (Å²) < 4.78 is 0. The van der Waals surface area contributed by atoms with Gasteiger partial charge in [-0.3, -0.25) is 14.6 Å². The summed E-state index contributed by atoms with van der Waals surface area (Å²) in [6.07, 6.45) is 8.95. The molecular weight excluding hydrogens is 438 g/mol. The smallest absolute Gasteiger partial charge is 0.135 e. The summed E-state index contributed by atoms with van der Waals surface area (Å²) in [5.41, 5.74) is 0.325. The van der Waals surface area contributed by atoms with Crippen molar-refractivity contribution < 1.29 is 15.0 Å². The van der Waals surface area contributed by atoms with Crippen LogP contribution in [-0.2, 0) is 4.79 Å². The lowest BCUT2D eigenvalue weighted by Gasteiger charge is -2.62. The number of aliphatic hydroxyl groups is 2. The largest absolute Gasteiger partial charge is 0.391 e. The molecule has 6 aliphatic rings. The average Bonchev–Trinajstić information content (AvgIpc) is 3.11. The van der Waals surface area contributed by atoms with Gasteiger partial charge in [0.15, 0.2) is 0 Å². The van der Waals surface area contributed by atoms with Crippen molar-refractivity contribution in [1.29, 1.82) is 0 Å². The molecule has 0 bridgehead atoms. The van der Waals surface area contributed by atoms with Gasteiger partial charge in [0.05, 0.1) is 12.2 Å². The van der Waals surface area contributed by atoms with Crippen LogP contribution in [0.25, 0.3) is 0 Å². The minimum Gasteiger partial charge on any atom is -0.391 e. The van der Waals surface area contributed by atoms with Crippen LogP contribution in [0.3, 0.4) is 0 Å². The summed E-state index contributed by atoms with van der Waals surface area (Å²) in [6.45, 7) is 11.0. The maximum absolute atomic E-state index is 11.9. The first kappa shape index (κ1) is 24.8. The fourth-order valence-corrected chi connectivity index (χ4v) is 10.2. The van der Waals surface area contributed by atoms with E-state index in [1.54, 1.807) is 0 Å². The number of piperazine rings is 1. The second-order valence-electron chi connectivity index (χ2n) is 13.9. The van der Waals surface area contributed by atoms with Gasteiger partial charge in [0.2, 0.25) is 0 Å². The molecule has 0 aromatic heterocycles. The summed E-state index contributed by atoms with van der Waals surface area (Å²) in [5, 5.41) is 22.9. The highest BCUT2D eigenvalue weighted by atomic mass is 16.3. The van der Waals surface area contributed by atoms with Gasteiger partial charge >= 0.3 is 0 Å². The first-order valence-corrected chi connectivity index (χ1v) is 14.7. The molecule has 4 saturated carbocycles. The van der Waals surface area contributed by atoms with Gasteiger partial charge in [-0.25, -0.2) is 0 Å². The first-order valence-electron chi connectivity index (χ1n) is 14.7. The molecule has 6 nitrogen and oxygen atoms in total. The number of Topliss-reactive ketones (excluding diaryl/α,β-unsaturated/α-hetero) is 1. The number of rotatable bonds is 2. The Morgan fingerprint density at radius 1 is 0.800 bits per heavy atom. The topological polar surface area (TPSA) is 67.2 Å². The zero-order valence-corrected chi connectivity index (χ0v) is 22.4. The Labute approximate surface area is 212 Å². The van der Waals surface area contributed by atoms with E-state index in [2.05, 4.69) is 35.6 Å². The molecule has 0 unspecified atom stereocenters. The van der Waals surface area contributed by atoms with E-state index in [0.717, 1.165) is 58.5 Å². The van der Waals surface area contributed by atoms with Crippen LogP contribution in [-0.4, -0.2) is 101 Å². The molecule has 6 fully saturated rings. The van der Waals surface area contributed by atoms with Crippen molar-refractivity contribution in [2.75, 3.05) is 46.3 Å². The lowest BCUT2D eigenvalue weighted by atomic mass is 9.44. The Balaban J connectivity index is 1.22. The van der Waals surface area contributed by atoms with Gasteiger partial charge in [-0.1, -0.05) is 13.8 Å². The number of hydrogen-bond acceptors (Lipinski definition) is 6. The molecule has 35 heavy (non-hydrogen) atoms. The fraction of sp³-hybridized carbons (Fsp3) is 0.966. The van der Waals surface area contributed by atoms with Crippen LogP contribution in [0.2, 0.25) is 0 Å². The van der Waals surface area contributed by atoms with Gasteiger partial charge in [-0.05, 0) is 86.5 Å². The number of hydrogen-bond donors (Lipinski definition) is 2. The summed E-state index contributed by atoms with van der Waals surface area (Å²) >= 11 is 0. The molecule has 0 amide bonds. The van der Waals surface area contributed by atoms with E-state index in [9.17, 15) is 15.0 Å². The van der Waals surface area contributed by atoms with Gasteiger partial charge in [-0.2, -0.15) is 0 Å². The fourth-order valence-electron chi connectivity index (χ4n) is 10.2. The Bertz CT molecular complexity index is 805. The molecular formula is C29H49N3O3. The highest BCUT2D eigenvalue weighted by molar-refractivity contribution is 5.79. The predicted octanol–water partition coefficient (Wildman–Crippen LogP) is 2.62. The molecule has 2 heterocycles. The third kappa shape index (κ3) is 3.96. The van der Waals surface area contributed by atoms with Crippen molar-refractivity contribution >= 4 is 5.78 Å².